The standard InChI is InChI=1S/C12H12INO/c1-9(12-7-4-8-15-12)14-11-6-3-2-5-10(11)13/h2-9,14H,1H3/t9-/m1/s1. The van der Waals surface area contributed by atoms with Crippen molar-refractivity contribution in [3.63, 3.8) is 0 Å². The highest BCUT2D eigenvalue weighted by molar-refractivity contribution is 14.1. The predicted octanol–water partition coefficient (Wildman–Crippen LogP) is 4.06. The number of anilines is 1. The van der Waals surface area contributed by atoms with Gasteiger partial charge in [0.25, 0.3) is 0 Å². The SMILES string of the molecule is C[C@@H](Nc1ccccc1I)c1ccco1. The smallest absolute Gasteiger partial charge is 0.125 e. The Labute approximate surface area is 103 Å². The number of rotatable bonds is 3. The highest BCUT2D eigenvalue weighted by Crippen LogP contribution is 2.23. The number of hydrogen-bond acceptors (Lipinski definition) is 2. The molecule has 78 valence electrons. The zero-order valence-corrected chi connectivity index (χ0v) is 10.6. The zero-order valence-electron chi connectivity index (χ0n) is 8.41. The van der Waals surface area contributed by atoms with Crippen LogP contribution in [0.3, 0.4) is 0 Å². The van der Waals surface area contributed by atoms with Gasteiger partial charge < -0.3 is 9.73 Å². The molecule has 1 N–H and O–H groups in total. The topological polar surface area (TPSA) is 25.2 Å². The Bertz CT molecular complexity index is 425. The molecule has 3 heteroatoms. The molecule has 0 aliphatic carbocycles. The molecule has 1 aromatic heterocycles. The Morgan fingerprint density at radius 1 is 1.20 bits per heavy atom. The summed E-state index contributed by atoms with van der Waals surface area (Å²) >= 11 is 2.32. The van der Waals surface area contributed by atoms with Crippen LogP contribution in [0.25, 0.3) is 0 Å². The molecule has 0 saturated heterocycles. The van der Waals surface area contributed by atoms with Gasteiger partial charge in [0.05, 0.1) is 12.3 Å². The van der Waals surface area contributed by atoms with Crippen LogP contribution in [-0.2, 0) is 0 Å². The van der Waals surface area contributed by atoms with Crippen LogP contribution >= 0.6 is 22.6 Å². The van der Waals surface area contributed by atoms with Gasteiger partial charge in [0.1, 0.15) is 5.76 Å². The monoisotopic (exact) mass is 313 g/mol. The van der Waals surface area contributed by atoms with Crippen molar-refractivity contribution in [3.05, 3.63) is 52.0 Å². The average Bonchev–Trinajstić information content (AvgIpc) is 2.74. The molecule has 1 aromatic carbocycles. The van der Waals surface area contributed by atoms with Crippen molar-refractivity contribution >= 4 is 28.3 Å². The van der Waals surface area contributed by atoms with Crippen LogP contribution in [0.5, 0.6) is 0 Å². The summed E-state index contributed by atoms with van der Waals surface area (Å²) in [7, 11) is 0. The van der Waals surface area contributed by atoms with E-state index < -0.39 is 0 Å². The molecule has 15 heavy (non-hydrogen) atoms. The van der Waals surface area contributed by atoms with Crippen molar-refractivity contribution in [2.45, 2.75) is 13.0 Å². The van der Waals surface area contributed by atoms with Crippen LogP contribution < -0.4 is 5.32 Å². The maximum atomic E-state index is 5.34. The van der Waals surface area contributed by atoms with E-state index in [1.807, 2.05) is 24.3 Å². The first-order valence-electron chi connectivity index (χ1n) is 4.82. The second-order valence-electron chi connectivity index (χ2n) is 3.36. The summed E-state index contributed by atoms with van der Waals surface area (Å²) in [4.78, 5) is 0. The molecule has 0 bridgehead atoms. The third-order valence-electron chi connectivity index (χ3n) is 2.22. The van der Waals surface area contributed by atoms with Crippen LogP contribution in [0.4, 0.5) is 5.69 Å². The lowest BCUT2D eigenvalue weighted by atomic mass is 10.2. The van der Waals surface area contributed by atoms with Gasteiger partial charge in [0, 0.05) is 9.26 Å². The Morgan fingerprint density at radius 3 is 2.67 bits per heavy atom. The summed E-state index contributed by atoms with van der Waals surface area (Å²) in [5.41, 5.74) is 1.14. The number of para-hydroxylation sites is 1. The lowest BCUT2D eigenvalue weighted by molar-refractivity contribution is 0.490. The van der Waals surface area contributed by atoms with Gasteiger partial charge >= 0.3 is 0 Å². The lowest BCUT2D eigenvalue weighted by Crippen LogP contribution is -2.06. The zero-order chi connectivity index (χ0) is 10.7. The molecule has 0 radical (unpaired) electrons. The van der Waals surface area contributed by atoms with Crippen molar-refractivity contribution in [1.29, 1.82) is 0 Å². The predicted molar refractivity (Wildman–Crippen MR) is 69.9 cm³/mol. The third kappa shape index (κ3) is 2.53. The molecule has 0 aliphatic heterocycles. The Morgan fingerprint density at radius 2 is 2.00 bits per heavy atom. The highest BCUT2D eigenvalue weighted by atomic mass is 127. The van der Waals surface area contributed by atoms with Crippen LogP contribution in [0.15, 0.2) is 47.1 Å². The number of hydrogen-bond donors (Lipinski definition) is 1. The molecule has 0 saturated carbocycles. The van der Waals surface area contributed by atoms with Crippen molar-refractivity contribution in [2.75, 3.05) is 5.32 Å². The van der Waals surface area contributed by atoms with Gasteiger partial charge in [-0.1, -0.05) is 12.1 Å². The first kappa shape index (κ1) is 10.5. The van der Waals surface area contributed by atoms with E-state index in [4.69, 9.17) is 4.42 Å². The van der Waals surface area contributed by atoms with E-state index in [1.165, 1.54) is 3.57 Å². The molecule has 1 heterocycles. The van der Waals surface area contributed by atoms with Gasteiger partial charge in [0.2, 0.25) is 0 Å². The number of nitrogens with one attached hydrogen (secondary N) is 1. The summed E-state index contributed by atoms with van der Waals surface area (Å²) in [5, 5.41) is 3.41. The molecule has 2 nitrogen and oxygen atoms in total. The molecule has 2 rings (SSSR count). The van der Waals surface area contributed by atoms with Crippen LogP contribution in [0.2, 0.25) is 0 Å². The van der Waals surface area contributed by atoms with E-state index in [0.717, 1.165) is 11.4 Å². The van der Waals surface area contributed by atoms with Gasteiger partial charge in [-0.3, -0.25) is 0 Å². The largest absolute Gasteiger partial charge is 0.467 e. The Hall–Kier alpha value is -0.970. The Balaban J connectivity index is 2.13. The van der Waals surface area contributed by atoms with Crippen molar-refractivity contribution in [2.24, 2.45) is 0 Å². The van der Waals surface area contributed by atoms with Gasteiger partial charge in [0.15, 0.2) is 0 Å². The molecule has 1 atom stereocenters. The molecule has 0 fully saturated rings. The second kappa shape index (κ2) is 4.70. The summed E-state index contributed by atoms with van der Waals surface area (Å²) in [6.45, 7) is 2.09. The minimum absolute atomic E-state index is 0.191. The van der Waals surface area contributed by atoms with E-state index in [9.17, 15) is 0 Å². The van der Waals surface area contributed by atoms with Crippen molar-refractivity contribution in [3.8, 4) is 0 Å². The van der Waals surface area contributed by atoms with E-state index in [-0.39, 0.29) is 6.04 Å². The molecule has 2 aromatic rings. The van der Waals surface area contributed by atoms with Crippen molar-refractivity contribution in [1.82, 2.24) is 0 Å². The van der Waals surface area contributed by atoms with Crippen LogP contribution in [0, 0.1) is 3.57 Å². The van der Waals surface area contributed by atoms with E-state index in [0.29, 0.717) is 0 Å². The van der Waals surface area contributed by atoms with Gasteiger partial charge in [-0.15, -0.1) is 0 Å². The summed E-state index contributed by atoms with van der Waals surface area (Å²) < 4.78 is 6.56. The molecule has 0 amide bonds. The van der Waals surface area contributed by atoms with E-state index in [1.54, 1.807) is 6.26 Å². The minimum Gasteiger partial charge on any atom is -0.467 e. The molecule has 0 spiro atoms. The molecule has 0 unspecified atom stereocenters. The lowest BCUT2D eigenvalue weighted by Gasteiger charge is -2.13. The maximum absolute atomic E-state index is 5.34. The first-order chi connectivity index (χ1) is 7.27. The fraction of sp³-hybridized carbons (Fsp3) is 0.167. The number of furan rings is 1. The molecule has 0 aliphatic rings. The summed E-state index contributed by atoms with van der Waals surface area (Å²) in [6, 6.07) is 12.3. The minimum atomic E-state index is 0.191. The maximum Gasteiger partial charge on any atom is 0.125 e. The van der Waals surface area contributed by atoms with Crippen LogP contribution in [-0.4, -0.2) is 0 Å². The van der Waals surface area contributed by atoms with E-state index >= 15 is 0 Å². The fourth-order valence-corrected chi connectivity index (χ4v) is 1.96. The molecular formula is C12H12INO. The van der Waals surface area contributed by atoms with Gasteiger partial charge in [-0.05, 0) is 53.8 Å². The van der Waals surface area contributed by atoms with Crippen LogP contribution in [0.1, 0.15) is 18.7 Å². The summed E-state index contributed by atoms with van der Waals surface area (Å²) in [6.07, 6.45) is 1.70. The second-order valence-corrected chi connectivity index (χ2v) is 4.52. The summed E-state index contributed by atoms with van der Waals surface area (Å²) in [5.74, 6) is 0.953. The number of halogens is 1. The molecular weight excluding hydrogens is 301 g/mol. The van der Waals surface area contributed by atoms with Gasteiger partial charge in [-0.2, -0.15) is 0 Å². The van der Waals surface area contributed by atoms with E-state index in [2.05, 4.69) is 47.0 Å². The van der Waals surface area contributed by atoms with Gasteiger partial charge in [-0.25, -0.2) is 0 Å². The first-order valence-corrected chi connectivity index (χ1v) is 5.89. The average molecular weight is 313 g/mol. The normalized spacial score (nSPS) is 12.4. The highest BCUT2D eigenvalue weighted by Gasteiger charge is 2.08. The number of benzene rings is 1. The quantitative estimate of drug-likeness (QED) is 0.865. The fourth-order valence-electron chi connectivity index (χ4n) is 1.42. The Kier molecular flexibility index (Phi) is 3.30. The third-order valence-corrected chi connectivity index (χ3v) is 3.16. The van der Waals surface area contributed by atoms with Crippen molar-refractivity contribution < 1.29 is 4.42 Å².